The number of nitrogens with zero attached hydrogens (tertiary/aromatic N) is 1. The zero-order valence-corrected chi connectivity index (χ0v) is 13.6. The highest BCUT2D eigenvalue weighted by Gasteiger charge is 2.51. The summed E-state index contributed by atoms with van der Waals surface area (Å²) in [6.45, 7) is 3.99. The lowest BCUT2D eigenvalue weighted by Gasteiger charge is -2.51. The van der Waals surface area contributed by atoms with Gasteiger partial charge in [-0.1, -0.05) is 0 Å². The summed E-state index contributed by atoms with van der Waals surface area (Å²) in [5, 5.41) is 11.0. The molecule has 0 radical (unpaired) electrons. The van der Waals surface area contributed by atoms with Crippen LogP contribution in [-0.2, 0) is 16.8 Å². The van der Waals surface area contributed by atoms with Crippen LogP contribution in [0.25, 0.3) is 10.9 Å². The molecule has 2 aliphatic rings. The fourth-order valence-corrected chi connectivity index (χ4v) is 4.56. The number of carboxylic acids is 1. The van der Waals surface area contributed by atoms with E-state index in [9.17, 15) is 9.90 Å². The minimum atomic E-state index is -0.693. The van der Waals surface area contributed by atoms with E-state index < -0.39 is 11.5 Å². The lowest BCUT2D eigenvalue weighted by molar-refractivity contribution is -0.152. The van der Waals surface area contributed by atoms with Crippen molar-refractivity contribution in [2.45, 2.75) is 31.7 Å². The Kier molecular flexibility index (Phi) is 3.17. The molecule has 1 aromatic heterocycles. The fourth-order valence-electron chi connectivity index (χ4n) is 4.56. The molecule has 0 aliphatic carbocycles. The second kappa shape index (κ2) is 4.99. The van der Waals surface area contributed by atoms with Gasteiger partial charge in [-0.05, 0) is 50.4 Å². The van der Waals surface area contributed by atoms with Crippen molar-refractivity contribution in [2.24, 2.45) is 5.92 Å². The second-order valence-electron chi connectivity index (χ2n) is 6.81. The first kappa shape index (κ1) is 14.6. The first-order chi connectivity index (χ1) is 11.1. The van der Waals surface area contributed by atoms with Crippen LogP contribution < -0.4 is 4.74 Å². The highest BCUT2D eigenvalue weighted by molar-refractivity contribution is 5.87. The van der Waals surface area contributed by atoms with Crippen molar-refractivity contribution >= 4 is 16.9 Å². The number of hydrogen-bond acceptors (Lipinski definition) is 3. The van der Waals surface area contributed by atoms with E-state index in [0.29, 0.717) is 0 Å². The summed E-state index contributed by atoms with van der Waals surface area (Å²) >= 11 is 0. The third kappa shape index (κ3) is 1.92. The van der Waals surface area contributed by atoms with E-state index in [2.05, 4.69) is 22.9 Å². The Balaban J connectivity index is 1.93. The molecule has 1 saturated heterocycles. The van der Waals surface area contributed by atoms with E-state index in [0.717, 1.165) is 49.3 Å². The number of benzene rings is 1. The highest BCUT2D eigenvalue weighted by atomic mass is 16.5. The number of ether oxygens (including phenoxy) is 1. The van der Waals surface area contributed by atoms with Crippen LogP contribution in [0, 0.1) is 5.92 Å². The number of hydrogen-bond donors (Lipinski definition) is 2. The van der Waals surface area contributed by atoms with Crippen molar-refractivity contribution in [1.29, 1.82) is 0 Å². The van der Waals surface area contributed by atoms with Crippen LogP contribution in [0.15, 0.2) is 18.2 Å². The lowest BCUT2D eigenvalue weighted by Crippen LogP contribution is -2.58. The molecule has 1 fully saturated rings. The summed E-state index contributed by atoms with van der Waals surface area (Å²) in [4.78, 5) is 17.8. The van der Waals surface area contributed by atoms with Gasteiger partial charge in [0.15, 0.2) is 0 Å². The number of nitrogens with one attached hydrogen (secondary N) is 1. The van der Waals surface area contributed by atoms with E-state index in [1.54, 1.807) is 7.11 Å². The molecule has 1 aromatic carbocycles. The standard InChI is InChI=1S/C18H22N2O3/c1-18-14(17(21)22)4-3-8-20(18)9-7-13-12-6-5-11(23-2)10-15(12)19-16(13)18/h5-6,10,14,19H,3-4,7-9H2,1-2H3,(H,21,22)/t14-,18+/m0/s1. The largest absolute Gasteiger partial charge is 0.497 e. The summed E-state index contributed by atoms with van der Waals surface area (Å²) in [5.41, 5.74) is 2.94. The molecule has 2 atom stereocenters. The Bertz CT molecular complexity index is 782. The Labute approximate surface area is 135 Å². The molecule has 0 bridgehead atoms. The molecule has 2 N–H and O–H groups in total. The van der Waals surface area contributed by atoms with Crippen molar-refractivity contribution in [3.05, 3.63) is 29.5 Å². The fraction of sp³-hybridized carbons (Fsp3) is 0.500. The van der Waals surface area contributed by atoms with E-state index >= 15 is 0 Å². The molecular weight excluding hydrogens is 292 g/mol. The first-order valence-corrected chi connectivity index (χ1v) is 8.22. The average molecular weight is 314 g/mol. The predicted octanol–water partition coefficient (Wildman–Crippen LogP) is 2.74. The molecule has 3 heterocycles. The van der Waals surface area contributed by atoms with E-state index in [-0.39, 0.29) is 5.92 Å². The number of fused-ring (bicyclic) bond motifs is 5. The minimum absolute atomic E-state index is 0.370. The molecule has 0 unspecified atom stereocenters. The van der Waals surface area contributed by atoms with Crippen molar-refractivity contribution < 1.29 is 14.6 Å². The Morgan fingerprint density at radius 1 is 1.43 bits per heavy atom. The van der Waals surface area contributed by atoms with Crippen molar-refractivity contribution in [1.82, 2.24) is 9.88 Å². The minimum Gasteiger partial charge on any atom is -0.497 e. The zero-order chi connectivity index (χ0) is 16.2. The van der Waals surface area contributed by atoms with Gasteiger partial charge >= 0.3 is 5.97 Å². The highest BCUT2D eigenvalue weighted by Crippen LogP contribution is 2.47. The van der Waals surface area contributed by atoms with Crippen LogP contribution in [-0.4, -0.2) is 41.2 Å². The maximum Gasteiger partial charge on any atom is 0.308 e. The second-order valence-corrected chi connectivity index (χ2v) is 6.81. The number of aromatic nitrogens is 1. The van der Waals surface area contributed by atoms with Crippen molar-refractivity contribution in [3.8, 4) is 5.75 Å². The maximum atomic E-state index is 11.9. The van der Waals surface area contributed by atoms with Crippen LogP contribution in [0.4, 0.5) is 0 Å². The van der Waals surface area contributed by atoms with E-state index in [4.69, 9.17) is 4.74 Å². The zero-order valence-electron chi connectivity index (χ0n) is 13.6. The summed E-state index contributed by atoms with van der Waals surface area (Å²) in [6, 6.07) is 6.06. The average Bonchev–Trinajstić information content (AvgIpc) is 2.92. The smallest absolute Gasteiger partial charge is 0.308 e. The summed E-state index contributed by atoms with van der Waals surface area (Å²) < 4.78 is 5.32. The van der Waals surface area contributed by atoms with Crippen LogP contribution in [0.3, 0.4) is 0 Å². The Morgan fingerprint density at radius 2 is 2.26 bits per heavy atom. The summed E-state index contributed by atoms with van der Waals surface area (Å²) in [5.74, 6) is -0.247. The van der Waals surface area contributed by atoms with Gasteiger partial charge in [0.25, 0.3) is 0 Å². The third-order valence-electron chi connectivity index (χ3n) is 5.81. The monoisotopic (exact) mass is 314 g/mol. The molecule has 23 heavy (non-hydrogen) atoms. The topological polar surface area (TPSA) is 65.6 Å². The SMILES string of the molecule is COc1ccc2c3c([nH]c2c1)[C@@]1(C)[C@H](C(=O)O)CCCN1CC3. The van der Waals surface area contributed by atoms with Crippen LogP contribution >= 0.6 is 0 Å². The van der Waals surface area contributed by atoms with Gasteiger partial charge in [-0.3, -0.25) is 9.69 Å². The number of aliphatic carboxylic acids is 1. The van der Waals surface area contributed by atoms with Gasteiger partial charge in [-0.2, -0.15) is 0 Å². The number of aromatic amines is 1. The number of H-pyrrole nitrogens is 1. The molecule has 0 saturated carbocycles. The first-order valence-electron chi connectivity index (χ1n) is 8.22. The summed E-state index contributed by atoms with van der Waals surface area (Å²) in [7, 11) is 1.66. The number of carbonyl (C=O) groups is 1. The molecule has 0 amide bonds. The number of piperidine rings is 1. The van der Waals surface area contributed by atoms with Gasteiger partial charge in [0.2, 0.25) is 0 Å². The number of carboxylic acid groups (broad SMARTS) is 1. The molecule has 122 valence electrons. The summed E-state index contributed by atoms with van der Waals surface area (Å²) in [6.07, 6.45) is 2.65. The third-order valence-corrected chi connectivity index (χ3v) is 5.81. The number of rotatable bonds is 2. The molecule has 0 spiro atoms. The number of methoxy groups -OCH3 is 1. The molecular formula is C18H22N2O3. The van der Waals surface area contributed by atoms with Gasteiger partial charge in [0, 0.05) is 29.2 Å². The molecule has 4 rings (SSSR count). The molecule has 2 aliphatic heterocycles. The van der Waals surface area contributed by atoms with E-state index in [1.807, 2.05) is 12.1 Å². The molecule has 5 heteroatoms. The van der Waals surface area contributed by atoms with Crippen LogP contribution in [0.5, 0.6) is 5.75 Å². The maximum absolute atomic E-state index is 11.9. The van der Waals surface area contributed by atoms with Gasteiger partial charge in [-0.25, -0.2) is 0 Å². The normalized spacial score (nSPS) is 27.5. The van der Waals surface area contributed by atoms with Gasteiger partial charge in [-0.15, -0.1) is 0 Å². The van der Waals surface area contributed by atoms with Crippen molar-refractivity contribution in [2.75, 3.05) is 20.2 Å². The Morgan fingerprint density at radius 3 is 3.00 bits per heavy atom. The van der Waals surface area contributed by atoms with Gasteiger partial charge in [0.05, 0.1) is 18.6 Å². The van der Waals surface area contributed by atoms with Gasteiger partial charge < -0.3 is 14.8 Å². The lowest BCUT2D eigenvalue weighted by atomic mass is 9.72. The van der Waals surface area contributed by atoms with Crippen LogP contribution in [0.2, 0.25) is 0 Å². The van der Waals surface area contributed by atoms with E-state index in [1.165, 1.54) is 10.9 Å². The van der Waals surface area contributed by atoms with Crippen molar-refractivity contribution in [3.63, 3.8) is 0 Å². The quantitative estimate of drug-likeness (QED) is 0.894. The molecule has 2 aromatic rings. The molecule has 5 nitrogen and oxygen atoms in total. The van der Waals surface area contributed by atoms with Gasteiger partial charge in [0.1, 0.15) is 5.75 Å². The predicted molar refractivity (Wildman–Crippen MR) is 87.8 cm³/mol. The van der Waals surface area contributed by atoms with Crippen LogP contribution in [0.1, 0.15) is 31.0 Å². The Hall–Kier alpha value is -2.01.